The number of ether oxygens (including phenoxy) is 1. The standard InChI is InChI=1S/C12H11NO2/c14-11-6-12(8-13-7-11)15-9-10-4-2-1-3-5-10/h1-8,14H,9H2. The highest BCUT2D eigenvalue weighted by molar-refractivity contribution is 5.27. The van der Waals surface area contributed by atoms with E-state index in [-0.39, 0.29) is 5.75 Å². The Balaban J connectivity index is 1.99. The largest absolute Gasteiger partial charge is 0.506 e. The van der Waals surface area contributed by atoms with E-state index in [0.717, 1.165) is 5.56 Å². The van der Waals surface area contributed by atoms with Gasteiger partial charge < -0.3 is 9.84 Å². The lowest BCUT2D eigenvalue weighted by molar-refractivity contribution is 0.303. The zero-order valence-corrected chi connectivity index (χ0v) is 8.13. The zero-order chi connectivity index (χ0) is 10.5. The molecule has 1 heterocycles. The summed E-state index contributed by atoms with van der Waals surface area (Å²) in [6, 6.07) is 11.4. The molecule has 3 nitrogen and oxygen atoms in total. The summed E-state index contributed by atoms with van der Waals surface area (Å²) >= 11 is 0. The third-order valence-corrected chi connectivity index (χ3v) is 1.95. The first kappa shape index (κ1) is 9.52. The van der Waals surface area contributed by atoms with E-state index in [9.17, 15) is 0 Å². The lowest BCUT2D eigenvalue weighted by Crippen LogP contribution is -1.94. The Morgan fingerprint density at radius 3 is 2.67 bits per heavy atom. The fourth-order valence-corrected chi connectivity index (χ4v) is 1.23. The van der Waals surface area contributed by atoms with Crippen molar-refractivity contribution in [2.75, 3.05) is 0 Å². The highest BCUT2D eigenvalue weighted by Crippen LogP contribution is 2.16. The van der Waals surface area contributed by atoms with Gasteiger partial charge in [-0.2, -0.15) is 0 Å². The van der Waals surface area contributed by atoms with E-state index in [1.54, 1.807) is 6.20 Å². The Morgan fingerprint density at radius 2 is 1.93 bits per heavy atom. The number of aromatic hydroxyl groups is 1. The van der Waals surface area contributed by atoms with Crippen LogP contribution in [-0.2, 0) is 6.61 Å². The average molecular weight is 201 g/mol. The van der Waals surface area contributed by atoms with Crippen LogP contribution in [0, 0.1) is 0 Å². The molecule has 0 saturated carbocycles. The predicted octanol–water partition coefficient (Wildman–Crippen LogP) is 2.37. The second-order valence-corrected chi connectivity index (χ2v) is 3.15. The predicted molar refractivity (Wildman–Crippen MR) is 56.7 cm³/mol. The van der Waals surface area contributed by atoms with Crippen molar-refractivity contribution >= 4 is 0 Å². The van der Waals surface area contributed by atoms with E-state index in [1.165, 1.54) is 12.3 Å². The molecule has 0 atom stereocenters. The summed E-state index contributed by atoms with van der Waals surface area (Å²) in [6.07, 6.45) is 2.94. The van der Waals surface area contributed by atoms with Crippen molar-refractivity contribution in [2.24, 2.45) is 0 Å². The van der Waals surface area contributed by atoms with E-state index in [4.69, 9.17) is 9.84 Å². The number of aromatic nitrogens is 1. The molecule has 0 spiro atoms. The van der Waals surface area contributed by atoms with Gasteiger partial charge in [0.25, 0.3) is 0 Å². The summed E-state index contributed by atoms with van der Waals surface area (Å²) in [5.41, 5.74) is 1.08. The lowest BCUT2D eigenvalue weighted by atomic mass is 10.2. The van der Waals surface area contributed by atoms with Gasteiger partial charge >= 0.3 is 0 Å². The SMILES string of the molecule is Oc1cncc(OCc2ccccc2)c1. The van der Waals surface area contributed by atoms with E-state index >= 15 is 0 Å². The van der Waals surface area contributed by atoms with Crippen molar-refractivity contribution in [1.82, 2.24) is 4.98 Å². The molecule has 0 fully saturated rings. The van der Waals surface area contributed by atoms with E-state index < -0.39 is 0 Å². The van der Waals surface area contributed by atoms with Crippen molar-refractivity contribution < 1.29 is 9.84 Å². The molecule has 1 N–H and O–H groups in total. The second kappa shape index (κ2) is 4.46. The Hall–Kier alpha value is -2.03. The molecule has 76 valence electrons. The molecule has 1 aromatic carbocycles. The molecule has 0 bridgehead atoms. The van der Waals surface area contributed by atoms with E-state index in [2.05, 4.69) is 4.98 Å². The molecule has 3 heteroatoms. The summed E-state index contributed by atoms with van der Waals surface area (Å²) in [7, 11) is 0. The molecule has 0 aliphatic carbocycles. The number of nitrogens with zero attached hydrogens (tertiary/aromatic N) is 1. The summed E-state index contributed by atoms with van der Waals surface area (Å²) in [5, 5.41) is 9.17. The first-order chi connectivity index (χ1) is 7.34. The first-order valence-electron chi connectivity index (χ1n) is 4.65. The van der Waals surface area contributed by atoms with E-state index in [0.29, 0.717) is 12.4 Å². The molecule has 0 aliphatic heterocycles. The maximum Gasteiger partial charge on any atom is 0.141 e. The zero-order valence-electron chi connectivity index (χ0n) is 8.13. The fraction of sp³-hybridized carbons (Fsp3) is 0.0833. The molecule has 0 aliphatic rings. The molecule has 0 amide bonds. The van der Waals surface area contributed by atoms with Gasteiger partial charge in [0, 0.05) is 6.07 Å². The summed E-state index contributed by atoms with van der Waals surface area (Å²) in [6.45, 7) is 0.478. The molecular formula is C12H11NO2. The highest BCUT2D eigenvalue weighted by Gasteiger charge is 1.96. The smallest absolute Gasteiger partial charge is 0.141 e. The minimum absolute atomic E-state index is 0.112. The Kier molecular flexibility index (Phi) is 2.83. The van der Waals surface area contributed by atoms with Gasteiger partial charge in [-0.15, -0.1) is 0 Å². The third-order valence-electron chi connectivity index (χ3n) is 1.95. The number of hydrogen-bond acceptors (Lipinski definition) is 3. The number of pyridine rings is 1. The topological polar surface area (TPSA) is 42.4 Å². The van der Waals surface area contributed by atoms with Crippen LogP contribution >= 0.6 is 0 Å². The lowest BCUT2D eigenvalue weighted by Gasteiger charge is -2.05. The van der Waals surface area contributed by atoms with E-state index in [1.807, 2.05) is 30.3 Å². The number of rotatable bonds is 3. The van der Waals surface area contributed by atoms with Crippen molar-refractivity contribution in [2.45, 2.75) is 6.61 Å². The van der Waals surface area contributed by atoms with Crippen molar-refractivity contribution in [3.05, 3.63) is 54.4 Å². The van der Waals surface area contributed by atoms with Gasteiger partial charge in [-0.1, -0.05) is 30.3 Å². The van der Waals surface area contributed by atoms with Crippen LogP contribution in [0.15, 0.2) is 48.8 Å². The first-order valence-corrected chi connectivity index (χ1v) is 4.65. The Bertz CT molecular complexity index is 429. The average Bonchev–Trinajstić information content (AvgIpc) is 2.28. The normalized spacial score (nSPS) is 9.87. The van der Waals surface area contributed by atoms with Crippen LogP contribution in [-0.4, -0.2) is 10.1 Å². The minimum Gasteiger partial charge on any atom is -0.506 e. The number of benzene rings is 1. The van der Waals surface area contributed by atoms with Crippen molar-refractivity contribution in [3.63, 3.8) is 0 Å². The molecule has 0 saturated heterocycles. The number of hydrogen-bond donors (Lipinski definition) is 1. The minimum atomic E-state index is 0.112. The van der Waals surface area contributed by atoms with Gasteiger partial charge in [-0.25, -0.2) is 0 Å². The van der Waals surface area contributed by atoms with Gasteiger partial charge in [0.15, 0.2) is 0 Å². The van der Waals surface area contributed by atoms with Crippen LogP contribution in [0.25, 0.3) is 0 Å². The summed E-state index contributed by atoms with van der Waals surface area (Å²) in [4.78, 5) is 3.82. The Labute approximate surface area is 88.0 Å². The van der Waals surface area contributed by atoms with Crippen LogP contribution < -0.4 is 4.74 Å². The molecule has 1 aromatic heterocycles. The maximum absolute atomic E-state index is 9.17. The van der Waals surface area contributed by atoms with Crippen LogP contribution in [0.1, 0.15) is 5.56 Å². The Morgan fingerprint density at radius 1 is 1.13 bits per heavy atom. The van der Waals surface area contributed by atoms with Crippen LogP contribution in [0.2, 0.25) is 0 Å². The van der Waals surface area contributed by atoms with Gasteiger partial charge in [-0.05, 0) is 5.56 Å². The fourth-order valence-electron chi connectivity index (χ4n) is 1.23. The van der Waals surface area contributed by atoms with Gasteiger partial charge in [-0.3, -0.25) is 4.98 Å². The molecular weight excluding hydrogens is 190 g/mol. The monoisotopic (exact) mass is 201 g/mol. The molecule has 15 heavy (non-hydrogen) atoms. The molecule has 2 aromatic rings. The van der Waals surface area contributed by atoms with Gasteiger partial charge in [0.05, 0.1) is 12.4 Å². The molecule has 0 radical (unpaired) electrons. The van der Waals surface area contributed by atoms with Crippen molar-refractivity contribution in [3.8, 4) is 11.5 Å². The highest BCUT2D eigenvalue weighted by atomic mass is 16.5. The van der Waals surface area contributed by atoms with Crippen LogP contribution in [0.3, 0.4) is 0 Å². The summed E-state index contributed by atoms with van der Waals surface area (Å²) in [5.74, 6) is 0.680. The molecule has 0 unspecified atom stereocenters. The van der Waals surface area contributed by atoms with Crippen LogP contribution in [0.5, 0.6) is 11.5 Å². The van der Waals surface area contributed by atoms with Crippen molar-refractivity contribution in [1.29, 1.82) is 0 Å². The van der Waals surface area contributed by atoms with Gasteiger partial charge in [0.2, 0.25) is 0 Å². The van der Waals surface area contributed by atoms with Gasteiger partial charge in [0.1, 0.15) is 18.1 Å². The third kappa shape index (κ3) is 2.71. The maximum atomic E-state index is 9.17. The van der Waals surface area contributed by atoms with Crippen LogP contribution in [0.4, 0.5) is 0 Å². The molecule has 2 rings (SSSR count). The quantitative estimate of drug-likeness (QED) is 0.828. The summed E-state index contributed by atoms with van der Waals surface area (Å²) < 4.78 is 5.45. The second-order valence-electron chi connectivity index (χ2n) is 3.15.